The third-order valence-electron chi connectivity index (χ3n) is 2.91. The molecule has 0 saturated carbocycles. The molecule has 0 bridgehead atoms. The second-order valence-corrected chi connectivity index (χ2v) is 4.72. The Hall–Kier alpha value is -0.120. The van der Waals surface area contributed by atoms with E-state index in [1.165, 1.54) is 19.3 Å². The van der Waals surface area contributed by atoms with Crippen LogP contribution in [0.2, 0.25) is 0 Å². The average Bonchev–Trinajstić information content (AvgIpc) is 2.68. The smallest absolute Gasteiger partial charge is 0.159 e. The van der Waals surface area contributed by atoms with Crippen LogP contribution < -0.4 is 5.32 Å². The van der Waals surface area contributed by atoms with E-state index >= 15 is 0 Å². The van der Waals surface area contributed by atoms with Crippen molar-refractivity contribution < 1.29 is 9.47 Å². The normalized spacial score (nSPS) is 20.0. The number of rotatable bonds is 7. The molecule has 1 rings (SSSR count). The summed E-state index contributed by atoms with van der Waals surface area (Å²) in [7, 11) is 2.02. The molecule has 0 aromatic rings. The maximum atomic E-state index is 5.45. The first-order valence-electron chi connectivity index (χ1n) is 6.13. The van der Waals surface area contributed by atoms with Gasteiger partial charge >= 0.3 is 0 Å². The van der Waals surface area contributed by atoms with Gasteiger partial charge in [0.2, 0.25) is 0 Å². The van der Waals surface area contributed by atoms with Crippen molar-refractivity contribution in [2.45, 2.75) is 51.9 Å². The quantitative estimate of drug-likeness (QED) is 0.706. The first-order valence-corrected chi connectivity index (χ1v) is 6.13. The van der Waals surface area contributed by atoms with Gasteiger partial charge in [-0.2, -0.15) is 0 Å². The maximum Gasteiger partial charge on any atom is 0.159 e. The van der Waals surface area contributed by atoms with Crippen LogP contribution in [-0.2, 0) is 9.47 Å². The van der Waals surface area contributed by atoms with Gasteiger partial charge in [0.05, 0.1) is 13.2 Å². The molecule has 0 amide bonds. The summed E-state index contributed by atoms with van der Waals surface area (Å²) in [6.07, 6.45) is 4.83. The van der Waals surface area contributed by atoms with Crippen LogP contribution in [-0.4, -0.2) is 32.6 Å². The third-order valence-corrected chi connectivity index (χ3v) is 2.91. The van der Waals surface area contributed by atoms with Gasteiger partial charge in [-0.25, -0.2) is 0 Å². The lowest BCUT2D eigenvalue weighted by Crippen LogP contribution is -2.30. The molecule has 0 aromatic carbocycles. The molecule has 3 heteroatoms. The van der Waals surface area contributed by atoms with E-state index in [2.05, 4.69) is 19.2 Å². The van der Waals surface area contributed by atoms with E-state index in [0.29, 0.717) is 6.04 Å². The van der Waals surface area contributed by atoms with Gasteiger partial charge in [-0.15, -0.1) is 0 Å². The van der Waals surface area contributed by atoms with Crippen molar-refractivity contribution in [3.8, 4) is 0 Å². The zero-order valence-electron chi connectivity index (χ0n) is 10.3. The van der Waals surface area contributed by atoms with E-state index in [4.69, 9.17) is 9.47 Å². The van der Waals surface area contributed by atoms with Gasteiger partial charge in [0.15, 0.2) is 6.29 Å². The number of nitrogens with one attached hydrogen (secondary N) is 1. The summed E-state index contributed by atoms with van der Waals surface area (Å²) < 4.78 is 10.9. The molecule has 90 valence electrons. The molecule has 1 unspecified atom stereocenters. The van der Waals surface area contributed by atoms with Crippen LogP contribution in [0.5, 0.6) is 0 Å². The highest BCUT2D eigenvalue weighted by molar-refractivity contribution is 4.68. The summed E-state index contributed by atoms with van der Waals surface area (Å²) in [6, 6.07) is 0.534. The minimum atomic E-state index is 0.0292. The summed E-state index contributed by atoms with van der Waals surface area (Å²) in [5.41, 5.74) is 0. The van der Waals surface area contributed by atoms with Gasteiger partial charge in [-0.1, -0.05) is 26.7 Å². The predicted molar refractivity (Wildman–Crippen MR) is 61.8 cm³/mol. The van der Waals surface area contributed by atoms with E-state index in [0.717, 1.165) is 25.6 Å². The van der Waals surface area contributed by atoms with Crippen LogP contribution in [0.3, 0.4) is 0 Å². The molecule has 0 aliphatic carbocycles. The Balaban J connectivity index is 2.11. The second-order valence-electron chi connectivity index (χ2n) is 4.72. The van der Waals surface area contributed by atoms with Crippen molar-refractivity contribution in [2.75, 3.05) is 20.3 Å². The number of hydrogen-bond donors (Lipinski definition) is 1. The molecular formula is C12H25NO2. The Morgan fingerprint density at radius 3 is 2.40 bits per heavy atom. The largest absolute Gasteiger partial charge is 0.350 e. The molecule has 1 fully saturated rings. The summed E-state index contributed by atoms with van der Waals surface area (Å²) in [4.78, 5) is 0. The summed E-state index contributed by atoms with van der Waals surface area (Å²) in [6.45, 7) is 6.06. The van der Waals surface area contributed by atoms with Crippen LogP contribution in [0.25, 0.3) is 0 Å². The number of hydrogen-bond acceptors (Lipinski definition) is 3. The van der Waals surface area contributed by atoms with Crippen molar-refractivity contribution in [3.05, 3.63) is 0 Å². The lowest BCUT2D eigenvalue weighted by atomic mass is 10.0. The van der Waals surface area contributed by atoms with Gasteiger partial charge in [-0.05, 0) is 19.4 Å². The highest BCUT2D eigenvalue weighted by atomic mass is 16.7. The monoisotopic (exact) mass is 215 g/mol. The Morgan fingerprint density at radius 2 is 1.87 bits per heavy atom. The van der Waals surface area contributed by atoms with Crippen LogP contribution in [0.4, 0.5) is 0 Å². The summed E-state index contributed by atoms with van der Waals surface area (Å²) >= 11 is 0. The molecule has 1 saturated heterocycles. The molecule has 1 atom stereocenters. The van der Waals surface area contributed by atoms with Crippen LogP contribution >= 0.6 is 0 Å². The first kappa shape index (κ1) is 12.9. The standard InChI is InChI=1S/C12H25NO2/c1-10(2)5-4-6-11(13-3)9-12-14-7-8-15-12/h10-13H,4-9H2,1-3H3. The van der Waals surface area contributed by atoms with Gasteiger partial charge in [0, 0.05) is 12.5 Å². The SMILES string of the molecule is CNC(CCCC(C)C)CC1OCCO1. The van der Waals surface area contributed by atoms with E-state index in [1.807, 2.05) is 7.05 Å². The number of ether oxygens (including phenoxy) is 2. The molecule has 1 aliphatic rings. The topological polar surface area (TPSA) is 30.5 Å². The Labute approximate surface area is 93.5 Å². The maximum absolute atomic E-state index is 5.45. The molecular weight excluding hydrogens is 190 g/mol. The Bertz CT molecular complexity index is 156. The highest BCUT2D eigenvalue weighted by Gasteiger charge is 2.20. The van der Waals surface area contributed by atoms with Crippen molar-refractivity contribution in [1.29, 1.82) is 0 Å². The predicted octanol–water partition coefficient (Wildman–Crippen LogP) is 2.16. The third kappa shape index (κ3) is 5.50. The first-order chi connectivity index (χ1) is 7.22. The highest BCUT2D eigenvalue weighted by Crippen LogP contribution is 2.15. The lowest BCUT2D eigenvalue weighted by Gasteiger charge is -2.19. The minimum Gasteiger partial charge on any atom is -0.350 e. The van der Waals surface area contributed by atoms with Crippen LogP contribution in [0, 0.1) is 5.92 Å². The van der Waals surface area contributed by atoms with Gasteiger partial charge in [0.25, 0.3) is 0 Å². The second kappa shape index (κ2) is 7.20. The van der Waals surface area contributed by atoms with E-state index < -0.39 is 0 Å². The molecule has 3 nitrogen and oxygen atoms in total. The fraction of sp³-hybridized carbons (Fsp3) is 1.00. The summed E-state index contributed by atoms with van der Waals surface area (Å²) in [5, 5.41) is 3.34. The molecule has 0 radical (unpaired) electrons. The molecule has 1 aliphatic heterocycles. The molecule has 1 N–H and O–H groups in total. The molecule has 15 heavy (non-hydrogen) atoms. The molecule has 1 heterocycles. The van der Waals surface area contributed by atoms with E-state index in [-0.39, 0.29) is 6.29 Å². The average molecular weight is 215 g/mol. The minimum absolute atomic E-state index is 0.0292. The Kier molecular flexibility index (Phi) is 6.22. The van der Waals surface area contributed by atoms with E-state index in [1.54, 1.807) is 0 Å². The zero-order chi connectivity index (χ0) is 11.1. The molecule has 0 aromatic heterocycles. The van der Waals surface area contributed by atoms with Crippen molar-refractivity contribution in [1.82, 2.24) is 5.32 Å². The van der Waals surface area contributed by atoms with Crippen molar-refractivity contribution in [2.24, 2.45) is 5.92 Å². The Morgan fingerprint density at radius 1 is 1.20 bits per heavy atom. The van der Waals surface area contributed by atoms with Gasteiger partial charge < -0.3 is 14.8 Å². The van der Waals surface area contributed by atoms with Gasteiger partial charge in [-0.3, -0.25) is 0 Å². The zero-order valence-corrected chi connectivity index (χ0v) is 10.3. The molecule has 0 spiro atoms. The van der Waals surface area contributed by atoms with Crippen molar-refractivity contribution in [3.63, 3.8) is 0 Å². The summed E-state index contributed by atoms with van der Waals surface area (Å²) in [5.74, 6) is 0.807. The van der Waals surface area contributed by atoms with Crippen molar-refractivity contribution >= 4 is 0 Å². The van der Waals surface area contributed by atoms with Crippen LogP contribution in [0.15, 0.2) is 0 Å². The van der Waals surface area contributed by atoms with E-state index in [9.17, 15) is 0 Å². The fourth-order valence-corrected chi connectivity index (χ4v) is 1.93. The fourth-order valence-electron chi connectivity index (χ4n) is 1.93. The lowest BCUT2D eigenvalue weighted by molar-refractivity contribution is -0.0528. The van der Waals surface area contributed by atoms with Crippen LogP contribution in [0.1, 0.15) is 39.5 Å². The van der Waals surface area contributed by atoms with Gasteiger partial charge in [0.1, 0.15) is 0 Å².